The van der Waals surface area contributed by atoms with Crippen molar-refractivity contribution in [3.63, 3.8) is 0 Å². The van der Waals surface area contributed by atoms with Crippen LogP contribution in [0.3, 0.4) is 0 Å². The summed E-state index contributed by atoms with van der Waals surface area (Å²) in [7, 11) is 0. The third kappa shape index (κ3) is 5.18. The van der Waals surface area contributed by atoms with E-state index >= 15 is 0 Å². The van der Waals surface area contributed by atoms with Gasteiger partial charge in [0.05, 0.1) is 17.5 Å². The van der Waals surface area contributed by atoms with Crippen molar-refractivity contribution in [2.75, 3.05) is 0 Å². The van der Waals surface area contributed by atoms with Crippen molar-refractivity contribution in [2.24, 2.45) is 5.41 Å². The molecule has 1 N–H and O–H groups in total. The van der Waals surface area contributed by atoms with Crippen LogP contribution in [0.15, 0.2) is 61.2 Å². The Morgan fingerprint density at radius 2 is 1.78 bits per heavy atom. The molecule has 1 aliphatic heterocycles. The summed E-state index contributed by atoms with van der Waals surface area (Å²) in [5, 5.41) is 11.8. The van der Waals surface area contributed by atoms with Crippen LogP contribution in [-0.2, 0) is 4.79 Å². The van der Waals surface area contributed by atoms with Crippen LogP contribution in [-0.4, -0.2) is 33.7 Å². The molecule has 5 atom stereocenters. The molecule has 1 aliphatic rings. The molecule has 0 aromatic heterocycles. The number of rotatable bonds is 8. The Morgan fingerprint density at radius 3 is 2.28 bits per heavy atom. The maximum Gasteiger partial charge on any atom is 0.418 e. The zero-order valence-corrected chi connectivity index (χ0v) is 22.2. The monoisotopic (exact) mass is 541 g/mol. The fraction of sp³-hybridized carbons (Fsp3) is 0.464. The molecular weight excluding hydrogens is 510 g/mol. The van der Waals surface area contributed by atoms with Gasteiger partial charge in [0.25, 0.3) is 0 Å². The molecule has 1 amide bonds. The van der Waals surface area contributed by atoms with Crippen molar-refractivity contribution in [3.05, 3.63) is 82.4 Å². The molecule has 36 heavy (non-hydrogen) atoms. The number of aliphatic hydroxyl groups is 1. The fourth-order valence-electron chi connectivity index (χ4n) is 5.58. The second-order valence-corrected chi connectivity index (χ2v) is 10.6. The van der Waals surface area contributed by atoms with Crippen molar-refractivity contribution < 1.29 is 23.1 Å². The number of nitrogens with zero attached hydrogens (tertiary/aromatic N) is 1. The second kappa shape index (κ2) is 10.8. The zero-order valence-electron chi connectivity index (χ0n) is 20.7. The number of likely N-dealkylation sites (tertiary alicyclic amines) is 1. The summed E-state index contributed by atoms with van der Waals surface area (Å²) in [5.41, 5.74) is -2.67. The van der Waals surface area contributed by atoms with Crippen LogP contribution in [0.2, 0.25) is 10.0 Å². The van der Waals surface area contributed by atoms with Gasteiger partial charge in [-0.2, -0.15) is 13.2 Å². The molecule has 0 saturated carbocycles. The highest BCUT2D eigenvalue weighted by atomic mass is 35.5. The standard InChI is InChI=1S/C28H32Cl2F3NO2/c1-5-15-27(7-3)17-22(19-9-8-10-21(30)16-19)24(18-11-13-20(29)14-12-18)34(25(27)35)23(6-2)26(4,36)28(31,32)33/h5,8-14,16,22-24,36H,1,6-7,15,17H2,2-4H3. The highest BCUT2D eigenvalue weighted by Crippen LogP contribution is 2.55. The summed E-state index contributed by atoms with van der Waals surface area (Å²) in [6, 6.07) is 11.7. The lowest BCUT2D eigenvalue weighted by Crippen LogP contribution is -2.65. The van der Waals surface area contributed by atoms with Crippen LogP contribution in [0, 0.1) is 5.41 Å². The summed E-state index contributed by atoms with van der Waals surface area (Å²) >= 11 is 12.5. The van der Waals surface area contributed by atoms with Gasteiger partial charge in [-0.25, -0.2) is 0 Å². The lowest BCUT2D eigenvalue weighted by atomic mass is 9.64. The molecule has 3 nitrogen and oxygen atoms in total. The third-order valence-corrected chi connectivity index (χ3v) is 8.11. The molecule has 0 radical (unpaired) electrons. The number of carbonyl (C=O) groups excluding carboxylic acids is 1. The number of hydrogen-bond acceptors (Lipinski definition) is 2. The molecule has 1 saturated heterocycles. The first-order valence-corrected chi connectivity index (χ1v) is 12.8. The molecule has 8 heteroatoms. The fourth-order valence-corrected chi connectivity index (χ4v) is 5.91. The van der Waals surface area contributed by atoms with E-state index < -0.39 is 35.2 Å². The number of piperidine rings is 1. The van der Waals surface area contributed by atoms with Gasteiger partial charge in [-0.05, 0) is 68.0 Å². The van der Waals surface area contributed by atoms with Gasteiger partial charge in [0.2, 0.25) is 5.91 Å². The molecule has 0 spiro atoms. The van der Waals surface area contributed by atoms with Gasteiger partial charge < -0.3 is 10.0 Å². The molecule has 2 aromatic rings. The van der Waals surface area contributed by atoms with Crippen LogP contribution >= 0.6 is 23.2 Å². The summed E-state index contributed by atoms with van der Waals surface area (Å²) in [6.07, 6.45) is -2.31. The van der Waals surface area contributed by atoms with Crippen molar-refractivity contribution in [1.82, 2.24) is 4.90 Å². The number of carbonyl (C=O) groups is 1. The Balaban J connectivity index is 2.35. The van der Waals surface area contributed by atoms with Crippen LogP contribution in [0.4, 0.5) is 13.2 Å². The summed E-state index contributed by atoms with van der Waals surface area (Å²) < 4.78 is 42.6. The molecule has 0 bridgehead atoms. The summed E-state index contributed by atoms with van der Waals surface area (Å²) in [5.74, 6) is -0.805. The van der Waals surface area contributed by atoms with E-state index in [0.29, 0.717) is 34.9 Å². The quantitative estimate of drug-likeness (QED) is 0.343. The van der Waals surface area contributed by atoms with Crippen LogP contribution in [0.1, 0.15) is 69.5 Å². The van der Waals surface area contributed by atoms with E-state index in [1.807, 2.05) is 13.0 Å². The van der Waals surface area contributed by atoms with Crippen molar-refractivity contribution >= 4 is 29.1 Å². The zero-order chi connectivity index (χ0) is 26.9. The average molecular weight is 542 g/mol. The Bertz CT molecular complexity index is 1090. The predicted molar refractivity (Wildman–Crippen MR) is 138 cm³/mol. The Labute approximate surface area is 220 Å². The minimum atomic E-state index is -4.95. The number of allylic oxidation sites excluding steroid dienone is 1. The number of alkyl halides is 3. The van der Waals surface area contributed by atoms with E-state index in [-0.39, 0.29) is 12.3 Å². The van der Waals surface area contributed by atoms with E-state index in [1.54, 1.807) is 55.5 Å². The normalized spacial score (nSPS) is 25.4. The summed E-state index contributed by atoms with van der Waals surface area (Å²) in [4.78, 5) is 15.6. The van der Waals surface area contributed by atoms with E-state index in [9.17, 15) is 23.1 Å². The molecule has 0 aliphatic carbocycles. The molecular formula is C28H32Cl2F3NO2. The second-order valence-electron chi connectivity index (χ2n) is 9.77. The van der Waals surface area contributed by atoms with Gasteiger partial charge in [-0.1, -0.05) is 67.4 Å². The van der Waals surface area contributed by atoms with Crippen molar-refractivity contribution in [2.45, 2.75) is 76.2 Å². The number of benzene rings is 2. The van der Waals surface area contributed by atoms with E-state index in [4.69, 9.17) is 23.2 Å². The molecule has 1 fully saturated rings. The van der Waals surface area contributed by atoms with Gasteiger partial charge in [0.1, 0.15) is 0 Å². The SMILES string of the molecule is C=CCC1(CC)CC(c2cccc(Cl)c2)C(c2ccc(Cl)cc2)N(C(CC)C(C)(O)C(F)(F)F)C1=O. The molecule has 5 unspecified atom stereocenters. The molecule has 196 valence electrons. The maximum absolute atomic E-state index is 14.3. The highest BCUT2D eigenvalue weighted by molar-refractivity contribution is 6.30. The van der Waals surface area contributed by atoms with Gasteiger partial charge in [0, 0.05) is 16.0 Å². The van der Waals surface area contributed by atoms with E-state index in [2.05, 4.69) is 6.58 Å². The Morgan fingerprint density at radius 1 is 1.14 bits per heavy atom. The van der Waals surface area contributed by atoms with E-state index in [1.165, 1.54) is 4.90 Å². The predicted octanol–water partition coefficient (Wildman–Crippen LogP) is 8.12. The lowest BCUT2D eigenvalue weighted by Gasteiger charge is -2.55. The van der Waals surface area contributed by atoms with Crippen LogP contribution < -0.4 is 0 Å². The topological polar surface area (TPSA) is 40.5 Å². The Hall–Kier alpha value is -2.02. The maximum atomic E-state index is 14.3. The van der Waals surface area contributed by atoms with Crippen molar-refractivity contribution in [3.8, 4) is 0 Å². The molecule has 2 aromatic carbocycles. The first kappa shape index (κ1) is 28.5. The van der Waals surface area contributed by atoms with Gasteiger partial charge in [-0.3, -0.25) is 4.79 Å². The molecule has 3 rings (SSSR count). The average Bonchev–Trinajstić information content (AvgIpc) is 2.81. The van der Waals surface area contributed by atoms with Crippen LogP contribution in [0.25, 0.3) is 0 Å². The summed E-state index contributed by atoms with van der Waals surface area (Å²) in [6.45, 7) is 7.99. The largest absolute Gasteiger partial charge is 0.418 e. The third-order valence-electron chi connectivity index (χ3n) is 7.63. The van der Waals surface area contributed by atoms with Gasteiger partial charge in [0.15, 0.2) is 5.60 Å². The van der Waals surface area contributed by atoms with Gasteiger partial charge in [-0.15, -0.1) is 6.58 Å². The highest BCUT2D eigenvalue weighted by Gasteiger charge is 2.61. The molecule has 1 heterocycles. The lowest BCUT2D eigenvalue weighted by molar-refractivity contribution is -0.277. The minimum absolute atomic E-state index is 0.0987. The van der Waals surface area contributed by atoms with E-state index in [0.717, 1.165) is 12.5 Å². The van der Waals surface area contributed by atoms with Gasteiger partial charge >= 0.3 is 6.18 Å². The van der Waals surface area contributed by atoms with Crippen molar-refractivity contribution in [1.29, 1.82) is 0 Å². The smallest absolute Gasteiger partial charge is 0.379 e. The first-order valence-electron chi connectivity index (χ1n) is 12.1. The number of amides is 1. The van der Waals surface area contributed by atoms with Crippen LogP contribution in [0.5, 0.6) is 0 Å². The number of halogens is 5. The Kier molecular flexibility index (Phi) is 8.54. The number of hydrogen-bond donors (Lipinski definition) is 1. The first-order chi connectivity index (χ1) is 16.8. The minimum Gasteiger partial charge on any atom is -0.379 e.